The number of nitrogens with zero attached hydrogens (tertiary/aromatic N) is 3. The molecule has 0 bridgehead atoms. The van der Waals surface area contributed by atoms with Gasteiger partial charge in [0.2, 0.25) is 0 Å². The average Bonchev–Trinajstić information content (AvgIpc) is 3.15. The smallest absolute Gasteiger partial charge is 0.0976 e. The Hall–Kier alpha value is -3.09. The maximum Gasteiger partial charge on any atom is 0.0976 e. The van der Waals surface area contributed by atoms with Crippen LogP contribution in [0.15, 0.2) is 46.9 Å². The number of rotatable bonds is 2. The fourth-order valence-corrected chi connectivity index (χ4v) is 4.02. The molecule has 2 unspecified atom stereocenters. The summed E-state index contributed by atoms with van der Waals surface area (Å²) < 4.78 is 0. The first-order valence-electron chi connectivity index (χ1n) is 8.88. The molecule has 2 aliphatic rings. The van der Waals surface area contributed by atoms with Crippen LogP contribution in [0, 0.1) is 28.6 Å². The van der Waals surface area contributed by atoms with Gasteiger partial charge in [-0.05, 0) is 44.0 Å². The van der Waals surface area contributed by atoms with Crippen molar-refractivity contribution in [3.8, 4) is 12.1 Å². The zero-order chi connectivity index (χ0) is 18.1. The standard InChI is InChI=1S/C20H20N6/c1-12-16(8-21)19(13-4-5-18-15(7-13)11-24-26-18)17(9-22)20(25-12)14-3-2-6-23-10-14/h4-5,7,11,14,19,23,25H,2-3,6,10H2,1H3,(H,24,26). The molecule has 0 radical (unpaired) electrons. The van der Waals surface area contributed by atoms with Crippen molar-refractivity contribution in [2.45, 2.75) is 25.7 Å². The molecule has 2 aromatic rings. The van der Waals surface area contributed by atoms with E-state index in [0.29, 0.717) is 11.1 Å². The number of fused-ring (bicyclic) bond motifs is 1. The Morgan fingerprint density at radius 1 is 1.19 bits per heavy atom. The molecule has 0 spiro atoms. The number of dihydropyridines is 1. The zero-order valence-corrected chi connectivity index (χ0v) is 14.6. The average molecular weight is 344 g/mol. The molecule has 4 rings (SSSR count). The molecule has 2 atom stereocenters. The van der Waals surface area contributed by atoms with Crippen LogP contribution in [0.2, 0.25) is 0 Å². The minimum Gasteiger partial charge on any atom is -0.361 e. The van der Waals surface area contributed by atoms with Gasteiger partial charge < -0.3 is 10.6 Å². The van der Waals surface area contributed by atoms with Crippen molar-refractivity contribution < 1.29 is 0 Å². The number of nitriles is 2. The molecule has 3 heterocycles. The SMILES string of the molecule is CC1=C(C#N)C(c2ccc3[nH]ncc3c2)C(C#N)=C(C2CCCNC2)N1. The van der Waals surface area contributed by atoms with E-state index in [2.05, 4.69) is 33.0 Å². The highest BCUT2D eigenvalue weighted by molar-refractivity contribution is 5.79. The number of benzene rings is 1. The highest BCUT2D eigenvalue weighted by Crippen LogP contribution is 2.40. The van der Waals surface area contributed by atoms with Gasteiger partial charge in [-0.3, -0.25) is 5.10 Å². The second-order valence-electron chi connectivity index (χ2n) is 6.91. The Bertz CT molecular complexity index is 991. The summed E-state index contributed by atoms with van der Waals surface area (Å²) in [5.41, 5.74) is 4.97. The molecule has 0 amide bonds. The van der Waals surface area contributed by atoms with Gasteiger partial charge in [-0.25, -0.2) is 0 Å². The summed E-state index contributed by atoms with van der Waals surface area (Å²) in [5, 5.41) is 34.5. The summed E-state index contributed by atoms with van der Waals surface area (Å²) in [5.74, 6) is -0.0591. The molecule has 1 aromatic heterocycles. The summed E-state index contributed by atoms with van der Waals surface area (Å²) in [6, 6.07) is 10.7. The quantitative estimate of drug-likeness (QED) is 0.778. The normalized spacial score (nSPS) is 23.5. The van der Waals surface area contributed by atoms with E-state index in [0.717, 1.165) is 53.8 Å². The van der Waals surface area contributed by atoms with Gasteiger partial charge in [-0.2, -0.15) is 15.6 Å². The first-order chi connectivity index (χ1) is 12.7. The molecule has 1 fully saturated rings. The van der Waals surface area contributed by atoms with Gasteiger partial charge in [-0.1, -0.05) is 6.07 Å². The number of hydrogen-bond donors (Lipinski definition) is 3. The number of nitrogens with one attached hydrogen (secondary N) is 3. The van der Waals surface area contributed by atoms with Gasteiger partial charge in [0.25, 0.3) is 0 Å². The molecule has 1 saturated heterocycles. The molecule has 130 valence electrons. The maximum absolute atomic E-state index is 9.98. The van der Waals surface area contributed by atoms with E-state index >= 15 is 0 Å². The van der Waals surface area contributed by atoms with Crippen molar-refractivity contribution in [3.05, 3.63) is 52.5 Å². The topological polar surface area (TPSA) is 100 Å². The number of aromatic amines is 1. The number of piperidine rings is 1. The van der Waals surface area contributed by atoms with E-state index in [1.54, 1.807) is 6.20 Å². The molecule has 1 aromatic carbocycles. The highest BCUT2D eigenvalue weighted by Gasteiger charge is 2.34. The van der Waals surface area contributed by atoms with Crippen molar-refractivity contribution >= 4 is 10.9 Å². The van der Waals surface area contributed by atoms with Crippen LogP contribution >= 0.6 is 0 Å². The molecule has 6 heteroatoms. The van der Waals surface area contributed by atoms with Crippen LogP contribution in [0.1, 0.15) is 31.2 Å². The summed E-state index contributed by atoms with van der Waals surface area (Å²) in [4.78, 5) is 0. The fraction of sp³-hybridized carbons (Fsp3) is 0.350. The summed E-state index contributed by atoms with van der Waals surface area (Å²) in [6.45, 7) is 3.80. The van der Waals surface area contributed by atoms with Crippen molar-refractivity contribution in [1.82, 2.24) is 20.8 Å². The van der Waals surface area contributed by atoms with Crippen LogP contribution < -0.4 is 10.6 Å². The second kappa shape index (κ2) is 6.67. The zero-order valence-electron chi connectivity index (χ0n) is 14.6. The number of allylic oxidation sites excluding steroid dienone is 3. The van der Waals surface area contributed by atoms with E-state index in [9.17, 15) is 10.5 Å². The molecule has 0 aliphatic carbocycles. The Kier molecular flexibility index (Phi) is 4.20. The van der Waals surface area contributed by atoms with Gasteiger partial charge in [0, 0.05) is 29.2 Å². The Labute approximate surface area is 152 Å². The van der Waals surface area contributed by atoms with E-state index in [4.69, 9.17) is 0 Å². The minimum atomic E-state index is -0.331. The predicted octanol–water partition coefficient (Wildman–Crippen LogP) is 2.82. The molecule has 26 heavy (non-hydrogen) atoms. The molecule has 6 nitrogen and oxygen atoms in total. The number of hydrogen-bond acceptors (Lipinski definition) is 5. The van der Waals surface area contributed by atoms with Crippen LogP contribution in [-0.2, 0) is 0 Å². The molecular weight excluding hydrogens is 324 g/mol. The van der Waals surface area contributed by atoms with E-state index < -0.39 is 0 Å². The molecule has 2 aliphatic heterocycles. The van der Waals surface area contributed by atoms with Crippen molar-refractivity contribution in [3.63, 3.8) is 0 Å². The maximum atomic E-state index is 9.98. The van der Waals surface area contributed by atoms with Gasteiger partial charge in [0.1, 0.15) is 0 Å². The summed E-state index contributed by atoms with van der Waals surface area (Å²) in [6.07, 6.45) is 3.90. The lowest BCUT2D eigenvalue weighted by Gasteiger charge is -2.33. The van der Waals surface area contributed by atoms with Gasteiger partial charge in [-0.15, -0.1) is 0 Å². The van der Waals surface area contributed by atoms with Gasteiger partial charge in [0.15, 0.2) is 0 Å². The largest absolute Gasteiger partial charge is 0.361 e. The molecule has 3 N–H and O–H groups in total. The predicted molar refractivity (Wildman–Crippen MR) is 98.5 cm³/mol. The van der Waals surface area contributed by atoms with Gasteiger partial charge >= 0.3 is 0 Å². The number of aromatic nitrogens is 2. The summed E-state index contributed by atoms with van der Waals surface area (Å²) >= 11 is 0. The van der Waals surface area contributed by atoms with Crippen molar-refractivity contribution in [1.29, 1.82) is 10.5 Å². The number of H-pyrrole nitrogens is 1. The fourth-order valence-electron chi connectivity index (χ4n) is 4.02. The Balaban J connectivity index is 1.86. The Morgan fingerprint density at radius 2 is 2.04 bits per heavy atom. The third kappa shape index (κ3) is 2.65. The minimum absolute atomic E-state index is 0.272. The van der Waals surface area contributed by atoms with Crippen LogP contribution in [-0.4, -0.2) is 23.3 Å². The van der Waals surface area contributed by atoms with Gasteiger partial charge in [0.05, 0.1) is 40.9 Å². The van der Waals surface area contributed by atoms with Crippen molar-refractivity contribution in [2.75, 3.05) is 13.1 Å². The third-order valence-electron chi connectivity index (χ3n) is 5.34. The lowest BCUT2D eigenvalue weighted by atomic mass is 9.78. The second-order valence-corrected chi connectivity index (χ2v) is 6.91. The van der Waals surface area contributed by atoms with E-state index in [1.807, 2.05) is 25.1 Å². The molecular formula is C20H20N6. The monoisotopic (exact) mass is 344 g/mol. The van der Waals surface area contributed by atoms with Crippen molar-refractivity contribution in [2.24, 2.45) is 5.92 Å². The highest BCUT2D eigenvalue weighted by atomic mass is 15.1. The first kappa shape index (κ1) is 16.4. The van der Waals surface area contributed by atoms with Crippen LogP contribution in [0.25, 0.3) is 10.9 Å². The van der Waals surface area contributed by atoms with Crippen LogP contribution in [0.3, 0.4) is 0 Å². The van der Waals surface area contributed by atoms with Crippen LogP contribution in [0.5, 0.6) is 0 Å². The lowest BCUT2D eigenvalue weighted by molar-refractivity contribution is 0.404. The Morgan fingerprint density at radius 3 is 2.77 bits per heavy atom. The van der Waals surface area contributed by atoms with Crippen LogP contribution in [0.4, 0.5) is 0 Å². The third-order valence-corrected chi connectivity index (χ3v) is 5.34. The van der Waals surface area contributed by atoms with E-state index in [-0.39, 0.29) is 11.8 Å². The summed E-state index contributed by atoms with van der Waals surface area (Å²) in [7, 11) is 0. The first-order valence-corrected chi connectivity index (χ1v) is 8.88. The lowest BCUT2D eigenvalue weighted by Crippen LogP contribution is -2.37. The molecule has 0 saturated carbocycles. The van der Waals surface area contributed by atoms with E-state index in [1.165, 1.54) is 0 Å².